The summed E-state index contributed by atoms with van der Waals surface area (Å²) in [6.07, 6.45) is 5.42. The van der Waals surface area contributed by atoms with Gasteiger partial charge in [-0.15, -0.1) is 0 Å². The molecule has 34 heavy (non-hydrogen) atoms. The zero-order valence-electron chi connectivity index (χ0n) is 19.0. The molecule has 2 saturated heterocycles. The monoisotopic (exact) mass is 460 g/mol. The van der Waals surface area contributed by atoms with Crippen molar-refractivity contribution >= 4 is 11.7 Å². The predicted molar refractivity (Wildman–Crippen MR) is 130 cm³/mol. The van der Waals surface area contributed by atoms with E-state index < -0.39 is 0 Å². The van der Waals surface area contributed by atoms with E-state index in [9.17, 15) is 14.3 Å². The summed E-state index contributed by atoms with van der Waals surface area (Å²) in [7, 11) is 0. The molecule has 2 aliphatic rings. The summed E-state index contributed by atoms with van der Waals surface area (Å²) >= 11 is 0. The fourth-order valence-corrected chi connectivity index (χ4v) is 5.34. The second kappa shape index (κ2) is 9.91. The molecular weight excluding hydrogens is 431 g/mol. The van der Waals surface area contributed by atoms with Gasteiger partial charge in [-0.25, -0.2) is 9.18 Å². The lowest BCUT2D eigenvalue weighted by molar-refractivity contribution is -0.0585. The lowest BCUT2D eigenvalue weighted by Crippen LogP contribution is -2.68. The van der Waals surface area contributed by atoms with Crippen LogP contribution in [0.2, 0.25) is 0 Å². The first-order valence-corrected chi connectivity index (χ1v) is 11.8. The minimum absolute atomic E-state index is 0.0444. The SMILES string of the molecule is O=C(Nc1cccc(F)c1)N1CCCCN2[C@@H](CO)[C@@H](c3ccc(-c4ccncc4)cc3)[C@@H]2C1. The number of hydrogen-bond donors (Lipinski definition) is 2. The highest BCUT2D eigenvalue weighted by Gasteiger charge is 2.49. The number of nitrogens with zero attached hydrogens (tertiary/aromatic N) is 3. The fraction of sp³-hybridized carbons (Fsp3) is 0.333. The van der Waals surface area contributed by atoms with E-state index in [0.29, 0.717) is 18.8 Å². The highest BCUT2D eigenvalue weighted by molar-refractivity contribution is 5.89. The minimum Gasteiger partial charge on any atom is -0.395 e. The topological polar surface area (TPSA) is 68.7 Å². The van der Waals surface area contributed by atoms with Crippen LogP contribution in [-0.4, -0.2) is 64.2 Å². The van der Waals surface area contributed by atoms with Gasteiger partial charge in [-0.2, -0.15) is 0 Å². The normalized spacial score (nSPS) is 22.8. The van der Waals surface area contributed by atoms with Crippen molar-refractivity contribution in [3.63, 3.8) is 0 Å². The van der Waals surface area contributed by atoms with Crippen molar-refractivity contribution in [1.82, 2.24) is 14.8 Å². The van der Waals surface area contributed by atoms with Gasteiger partial charge in [0.15, 0.2) is 0 Å². The number of carbonyl (C=O) groups excluding carboxylic acids is 1. The van der Waals surface area contributed by atoms with Crippen LogP contribution >= 0.6 is 0 Å². The molecule has 3 atom stereocenters. The first kappa shape index (κ1) is 22.5. The van der Waals surface area contributed by atoms with E-state index in [1.165, 1.54) is 17.7 Å². The van der Waals surface area contributed by atoms with Gasteiger partial charge in [0.2, 0.25) is 0 Å². The highest BCUT2D eigenvalue weighted by atomic mass is 19.1. The fourth-order valence-electron chi connectivity index (χ4n) is 5.34. The Morgan fingerprint density at radius 1 is 1.03 bits per heavy atom. The largest absolute Gasteiger partial charge is 0.395 e. The minimum atomic E-state index is -0.378. The summed E-state index contributed by atoms with van der Waals surface area (Å²) in [6, 6.07) is 18.4. The van der Waals surface area contributed by atoms with Gasteiger partial charge in [-0.05, 0) is 66.4 Å². The summed E-state index contributed by atoms with van der Waals surface area (Å²) in [5.41, 5.74) is 3.86. The molecule has 6 nitrogen and oxygen atoms in total. The van der Waals surface area contributed by atoms with Crippen molar-refractivity contribution in [3.05, 3.63) is 84.4 Å². The van der Waals surface area contributed by atoms with Gasteiger partial charge in [0, 0.05) is 49.2 Å². The number of aliphatic hydroxyl groups is 1. The van der Waals surface area contributed by atoms with Crippen molar-refractivity contribution in [2.75, 3.05) is 31.6 Å². The van der Waals surface area contributed by atoms with Crippen molar-refractivity contribution < 1.29 is 14.3 Å². The molecule has 0 unspecified atom stereocenters. The van der Waals surface area contributed by atoms with Crippen molar-refractivity contribution in [2.45, 2.75) is 30.8 Å². The Morgan fingerprint density at radius 3 is 2.50 bits per heavy atom. The van der Waals surface area contributed by atoms with E-state index in [1.807, 2.05) is 17.0 Å². The van der Waals surface area contributed by atoms with Crippen LogP contribution in [0.5, 0.6) is 0 Å². The smallest absolute Gasteiger partial charge is 0.321 e. The van der Waals surface area contributed by atoms with Gasteiger partial charge >= 0.3 is 6.03 Å². The number of benzene rings is 2. The first-order valence-electron chi connectivity index (χ1n) is 11.8. The van der Waals surface area contributed by atoms with Crippen LogP contribution in [0.3, 0.4) is 0 Å². The molecule has 2 fully saturated rings. The molecule has 0 aliphatic carbocycles. The summed E-state index contributed by atoms with van der Waals surface area (Å²) in [6.45, 7) is 2.22. The number of pyridine rings is 1. The number of halogens is 1. The van der Waals surface area contributed by atoms with E-state index in [1.54, 1.807) is 24.5 Å². The van der Waals surface area contributed by atoms with Crippen molar-refractivity contribution in [2.24, 2.45) is 0 Å². The van der Waals surface area contributed by atoms with Gasteiger partial charge in [-0.1, -0.05) is 30.3 Å². The molecule has 2 aliphatic heterocycles. The molecule has 3 aromatic rings. The molecule has 0 saturated carbocycles. The van der Waals surface area contributed by atoms with Gasteiger partial charge in [0.25, 0.3) is 0 Å². The summed E-state index contributed by atoms with van der Waals surface area (Å²) in [5.74, 6) is -0.240. The predicted octanol–water partition coefficient (Wildman–Crippen LogP) is 4.34. The molecule has 1 aromatic heterocycles. The summed E-state index contributed by atoms with van der Waals surface area (Å²) in [4.78, 5) is 21.3. The highest BCUT2D eigenvalue weighted by Crippen LogP contribution is 2.42. The summed E-state index contributed by atoms with van der Waals surface area (Å²) in [5, 5.41) is 13.0. The van der Waals surface area contributed by atoms with Gasteiger partial charge in [0.05, 0.1) is 6.61 Å². The summed E-state index contributed by atoms with van der Waals surface area (Å²) < 4.78 is 13.6. The third-order valence-corrected chi connectivity index (χ3v) is 7.04. The zero-order chi connectivity index (χ0) is 23.5. The zero-order valence-corrected chi connectivity index (χ0v) is 19.0. The third-order valence-electron chi connectivity index (χ3n) is 7.04. The number of fused-ring (bicyclic) bond motifs is 1. The Kier molecular flexibility index (Phi) is 6.56. The van der Waals surface area contributed by atoms with E-state index in [0.717, 1.165) is 30.5 Å². The Labute approximate surface area is 199 Å². The number of amides is 2. The Morgan fingerprint density at radius 2 is 1.76 bits per heavy atom. The molecule has 2 N–H and O–H groups in total. The quantitative estimate of drug-likeness (QED) is 0.608. The number of nitrogens with one attached hydrogen (secondary N) is 1. The maximum absolute atomic E-state index is 13.6. The van der Waals surface area contributed by atoms with Crippen LogP contribution in [0, 0.1) is 5.82 Å². The second-order valence-electron chi connectivity index (χ2n) is 9.03. The van der Waals surface area contributed by atoms with Crippen LogP contribution < -0.4 is 5.32 Å². The van der Waals surface area contributed by atoms with Crippen LogP contribution in [0.4, 0.5) is 14.9 Å². The number of anilines is 1. The lowest BCUT2D eigenvalue weighted by Gasteiger charge is -2.57. The standard InChI is InChI=1S/C27H29FN4O2/c28-22-4-3-5-23(16-22)30-27(34)31-14-1-2-15-32-24(17-31)26(25(32)18-33)21-8-6-19(7-9-21)20-10-12-29-13-11-20/h3-13,16,24-26,33H,1-2,14-15,17-18H2,(H,30,34)/t24-,25-,26-/m0/s1. The number of carbonyl (C=O) groups is 1. The molecule has 0 spiro atoms. The molecule has 3 heterocycles. The maximum atomic E-state index is 13.6. The molecule has 2 aromatic carbocycles. The Balaban J connectivity index is 1.34. The second-order valence-corrected chi connectivity index (χ2v) is 9.03. The van der Waals surface area contributed by atoms with Gasteiger partial charge in [0.1, 0.15) is 5.82 Å². The molecule has 7 heteroatoms. The van der Waals surface area contributed by atoms with Crippen molar-refractivity contribution in [1.29, 1.82) is 0 Å². The van der Waals surface area contributed by atoms with Gasteiger partial charge < -0.3 is 15.3 Å². The van der Waals surface area contributed by atoms with E-state index in [-0.39, 0.29) is 36.5 Å². The number of aromatic nitrogens is 1. The molecule has 176 valence electrons. The third kappa shape index (κ3) is 4.54. The van der Waals surface area contributed by atoms with Crippen LogP contribution in [0.25, 0.3) is 11.1 Å². The molecule has 2 amide bonds. The average molecular weight is 461 g/mol. The number of urea groups is 1. The maximum Gasteiger partial charge on any atom is 0.321 e. The number of hydrogen-bond acceptors (Lipinski definition) is 4. The molecule has 0 bridgehead atoms. The van der Waals surface area contributed by atoms with Crippen LogP contribution in [0.1, 0.15) is 24.3 Å². The lowest BCUT2D eigenvalue weighted by atomic mass is 9.74. The Bertz CT molecular complexity index is 1120. The van der Waals surface area contributed by atoms with Crippen LogP contribution in [-0.2, 0) is 0 Å². The van der Waals surface area contributed by atoms with Crippen LogP contribution in [0.15, 0.2) is 73.1 Å². The molecule has 5 rings (SSSR count). The average Bonchev–Trinajstić information content (AvgIpc) is 2.84. The van der Waals surface area contributed by atoms with E-state index in [2.05, 4.69) is 39.5 Å². The van der Waals surface area contributed by atoms with E-state index >= 15 is 0 Å². The number of rotatable bonds is 4. The van der Waals surface area contributed by atoms with Gasteiger partial charge in [-0.3, -0.25) is 9.88 Å². The molecule has 0 radical (unpaired) electrons. The molecular formula is C27H29FN4O2. The number of aliphatic hydroxyl groups excluding tert-OH is 1. The van der Waals surface area contributed by atoms with E-state index in [4.69, 9.17) is 0 Å². The first-order chi connectivity index (χ1) is 16.6. The van der Waals surface area contributed by atoms with Crippen molar-refractivity contribution in [3.8, 4) is 11.1 Å². The Hall–Kier alpha value is -3.29.